The van der Waals surface area contributed by atoms with Crippen LogP contribution >= 0.6 is 0 Å². The SMILES string of the molecule is C=C1C[C@H]2CN3C(=O)OCc4ccc(cc4)NC(=O)[C@H](CCCCNC(=O)COCCOC)NC(=O)[C@H](C)CC(=O)C[C@@H](NC(=O)CCCNC(=O)C=CC(=O)O)C(=O)C[C@@H](C)C(=O)N[C@@H](CCCCNC(=O)COCCOC)C(=O)Nc4ccc(cc4)COC(=O)N4c5cc(c(OC)cc5C(=O)N5CC(=C)C[C@H]5C4C)OCCCOc4cc3c(cc4OC)C(=O)N2C1. The van der Waals surface area contributed by atoms with Gasteiger partial charge in [0, 0.05) is 127 Å². The van der Waals surface area contributed by atoms with Gasteiger partial charge in [0.05, 0.1) is 107 Å². The van der Waals surface area contributed by atoms with E-state index in [1.807, 2.05) is 0 Å². The van der Waals surface area contributed by atoms with Gasteiger partial charge in [-0.25, -0.2) is 14.4 Å². The minimum atomic E-state index is -1.61. The molecule has 8 aliphatic rings. The lowest BCUT2D eigenvalue weighted by Crippen LogP contribution is -2.49. The summed E-state index contributed by atoms with van der Waals surface area (Å²) in [7, 11) is 5.80. The maximum absolute atomic E-state index is 14.8. The molecule has 128 heavy (non-hydrogen) atoms. The van der Waals surface area contributed by atoms with Gasteiger partial charge in [0.1, 0.15) is 44.3 Å². The highest BCUT2D eigenvalue weighted by atomic mass is 16.6. The first-order valence-corrected chi connectivity index (χ1v) is 42.6. The summed E-state index contributed by atoms with van der Waals surface area (Å²) < 4.78 is 57.0. The second kappa shape index (κ2) is 49.3. The lowest BCUT2D eigenvalue weighted by Gasteiger charge is -2.33. The summed E-state index contributed by atoms with van der Waals surface area (Å²) in [6.07, 6.45) is -0.127. The van der Waals surface area contributed by atoms with Crippen molar-refractivity contribution in [1.29, 1.82) is 0 Å². The molecule has 692 valence electrons. The second-order valence-electron chi connectivity index (χ2n) is 31.8. The fourth-order valence-corrected chi connectivity index (χ4v) is 15.0. The Morgan fingerprint density at radius 2 is 1.04 bits per heavy atom. The molecule has 0 aromatic heterocycles. The smallest absolute Gasteiger partial charge is 0.414 e. The number of anilines is 4. The van der Waals surface area contributed by atoms with E-state index in [0.717, 1.165) is 17.2 Å². The molecule has 8 atom stereocenters. The fraction of sp³-hybridized carbons (Fsp3) is 0.500. The van der Waals surface area contributed by atoms with Crippen LogP contribution in [-0.2, 0) is 94.4 Å². The molecule has 8 heterocycles. The first kappa shape index (κ1) is 99.0. The molecule has 0 spiro atoms. The molecule has 8 aliphatic heterocycles. The molecule has 0 aliphatic carbocycles. The summed E-state index contributed by atoms with van der Waals surface area (Å²) in [6, 6.07) is 12.9. The molecule has 12 rings (SSSR count). The molecule has 2 saturated heterocycles. The molecule has 1 unspecified atom stereocenters. The normalized spacial score (nSPS) is 20.9. The molecule has 4 aromatic rings. The van der Waals surface area contributed by atoms with Crippen LogP contribution in [0.5, 0.6) is 23.0 Å². The molecule has 12 amide bonds. The predicted molar refractivity (Wildman–Crippen MR) is 465 cm³/mol. The van der Waals surface area contributed by atoms with Gasteiger partial charge in [-0.2, -0.15) is 0 Å². The average Bonchev–Trinajstić information content (AvgIpc) is 1.62. The van der Waals surface area contributed by atoms with Crippen LogP contribution in [0, 0.1) is 11.8 Å². The number of Topliss-reactive ketones (excluding diaryl/α,β-unsaturated/α-hetero) is 2. The van der Waals surface area contributed by atoms with Crippen LogP contribution in [0.25, 0.3) is 0 Å². The van der Waals surface area contributed by atoms with Crippen LogP contribution in [0.15, 0.2) is 109 Å². The maximum atomic E-state index is 14.8. The number of hydrogen-bond acceptors (Lipinski definition) is 25. The number of aliphatic carboxylic acids is 1. The van der Waals surface area contributed by atoms with Gasteiger partial charge >= 0.3 is 18.2 Å². The Kier molecular flexibility index (Phi) is 38.2. The van der Waals surface area contributed by atoms with Crippen molar-refractivity contribution in [2.45, 2.75) is 160 Å². The third-order valence-corrected chi connectivity index (χ3v) is 21.9. The summed E-state index contributed by atoms with van der Waals surface area (Å²) in [4.78, 5) is 213. The molecule has 4 aromatic carbocycles. The minimum Gasteiger partial charge on any atom is -0.493 e. The van der Waals surface area contributed by atoms with Crippen molar-refractivity contribution in [3.8, 4) is 23.0 Å². The zero-order valence-electron chi connectivity index (χ0n) is 73.3. The third kappa shape index (κ3) is 29.1. The number of benzene rings is 4. The molecule has 8 bridgehead atoms. The van der Waals surface area contributed by atoms with Crippen molar-refractivity contribution >= 4 is 112 Å². The predicted octanol–water partition coefficient (Wildman–Crippen LogP) is 6.16. The van der Waals surface area contributed by atoms with E-state index in [0.29, 0.717) is 42.9 Å². The molecule has 38 nitrogen and oxygen atoms in total. The molecule has 9 N–H and O–H groups in total. The van der Waals surface area contributed by atoms with Gasteiger partial charge in [0.15, 0.2) is 28.8 Å². The summed E-state index contributed by atoms with van der Waals surface area (Å²) in [5, 5.41) is 30.6. The molecule has 2 fully saturated rings. The van der Waals surface area contributed by atoms with Crippen molar-refractivity contribution in [3.63, 3.8) is 0 Å². The Morgan fingerprint density at radius 3 is 1.58 bits per heavy atom. The first-order valence-electron chi connectivity index (χ1n) is 42.6. The number of carboxylic acids is 1. The van der Waals surface area contributed by atoms with E-state index >= 15 is 0 Å². The van der Waals surface area contributed by atoms with Gasteiger partial charge in [-0.1, -0.05) is 62.4 Å². The highest BCUT2D eigenvalue weighted by molar-refractivity contribution is 6.08. The number of nitrogens with one attached hydrogen (secondary N) is 8. The average molecular weight is 1780 g/mol. The van der Waals surface area contributed by atoms with E-state index < -0.39 is 144 Å². The Hall–Kier alpha value is -12.8. The third-order valence-electron chi connectivity index (χ3n) is 21.9. The van der Waals surface area contributed by atoms with Crippen LogP contribution in [0.2, 0.25) is 0 Å². The molecule has 38 heteroatoms. The Morgan fingerprint density at radius 1 is 0.539 bits per heavy atom. The lowest BCUT2D eigenvalue weighted by molar-refractivity contribution is -0.134. The van der Waals surface area contributed by atoms with Crippen molar-refractivity contribution in [2.75, 3.05) is 141 Å². The zero-order valence-corrected chi connectivity index (χ0v) is 73.3. The summed E-state index contributed by atoms with van der Waals surface area (Å²) in [6.45, 7) is 13.5. The number of carbonyl (C=O) groups excluding carboxylic acids is 14. The van der Waals surface area contributed by atoms with Crippen molar-refractivity contribution in [1.82, 2.24) is 41.7 Å². The number of fused-ring (bicyclic) bond motifs is 2. The highest BCUT2D eigenvalue weighted by Crippen LogP contribution is 2.44. The van der Waals surface area contributed by atoms with Gasteiger partial charge in [-0.05, 0) is 112 Å². The quantitative estimate of drug-likeness (QED) is 0.0167. The first-order chi connectivity index (χ1) is 61.4. The molecular formula is C90H116N12O26. The van der Waals surface area contributed by atoms with Crippen LogP contribution < -0.4 is 71.3 Å². The summed E-state index contributed by atoms with van der Waals surface area (Å²) >= 11 is 0. The summed E-state index contributed by atoms with van der Waals surface area (Å²) in [5.41, 5.74) is 3.62. The number of ketones is 2. The number of amides is 12. The molecule has 0 radical (unpaired) electrons. The van der Waals surface area contributed by atoms with Gasteiger partial charge in [-0.15, -0.1) is 0 Å². The van der Waals surface area contributed by atoms with Crippen molar-refractivity contribution in [2.24, 2.45) is 11.8 Å². The van der Waals surface area contributed by atoms with Gasteiger partial charge in [-0.3, -0.25) is 67.3 Å². The van der Waals surface area contributed by atoms with Gasteiger partial charge < -0.3 is 105 Å². The van der Waals surface area contributed by atoms with Crippen LogP contribution in [0.4, 0.5) is 32.3 Å². The standard InChI is InChI=1S/C90H116N12O26/c1-54-38-63-49-101-71-45-76(74(121-8)43-65(71)87(115)99(63)47-54)125-32-15-33-126-77-46-72-66(44-75(77)122-9)88(116)100-48-55(2)39-70(100)58(5)102(72)90(118)128-51-60-21-25-62(26-22-60)95-86(114)68(17-11-13-30-93-81(108)53-124-37-35-120-7)98-84(112)57(4)41-73(104)69(96-79(106)18-14-31-91-78(105)27-28-82(109)110)42-64(103)40-56(3)83(111)97-67(16-10-12-29-92-80(107)52-123-36-34-119-6)85(113)94-61-23-19-59(20-24-61)50-127-89(101)117/h19-28,43-46,56-58,63,67-70H,1-2,10-18,29-42,47-53H2,3-9H3,(H,91,105)(H,92,107)(H,93,108)(H,94,113)(H,95,114)(H,96,106)(H,97,111)(H,98,112)(H,109,110)/t56-,57-,58?,63+,67+,68+,69-,70+/m1/s1. The zero-order chi connectivity index (χ0) is 92.5. The largest absolute Gasteiger partial charge is 0.493 e. The van der Waals surface area contributed by atoms with E-state index in [1.54, 1.807) is 71.3 Å². The van der Waals surface area contributed by atoms with E-state index in [-0.39, 0.29) is 219 Å². The van der Waals surface area contributed by atoms with E-state index in [2.05, 4.69) is 55.7 Å². The monoisotopic (exact) mass is 1780 g/mol. The van der Waals surface area contributed by atoms with E-state index in [9.17, 15) is 71.9 Å². The van der Waals surface area contributed by atoms with Crippen molar-refractivity contribution in [3.05, 3.63) is 132 Å². The van der Waals surface area contributed by atoms with Crippen LogP contribution in [-0.4, -0.2) is 261 Å². The number of carbonyl (C=O) groups is 15. The second-order valence-corrected chi connectivity index (χ2v) is 31.8. The van der Waals surface area contributed by atoms with Gasteiger partial charge in [0.2, 0.25) is 47.3 Å². The molecular weight excluding hydrogens is 1670 g/mol. The number of rotatable bonds is 29. The maximum Gasteiger partial charge on any atom is 0.414 e. The highest BCUT2D eigenvalue weighted by Gasteiger charge is 2.46. The van der Waals surface area contributed by atoms with E-state index in [4.69, 9.17) is 52.5 Å². The van der Waals surface area contributed by atoms with Gasteiger partial charge in [0.25, 0.3) is 11.8 Å². The van der Waals surface area contributed by atoms with Crippen LogP contribution in [0.3, 0.4) is 0 Å². The Labute approximate surface area is 741 Å². The minimum absolute atomic E-state index is 0.00150. The number of nitrogens with zero attached hydrogens (tertiary/aromatic N) is 4. The fourth-order valence-electron chi connectivity index (χ4n) is 15.0. The number of carboxylic acid groups (broad SMARTS) is 1. The van der Waals surface area contributed by atoms with Crippen molar-refractivity contribution < 1.29 is 124 Å². The number of methoxy groups -OCH3 is 4. The topological polar surface area (TPSA) is 478 Å². The van der Waals surface area contributed by atoms with Crippen LogP contribution in [0.1, 0.15) is 143 Å². The Bertz CT molecular complexity index is 4710. The molecule has 0 saturated carbocycles. The number of unbranched alkanes of at least 4 members (excludes halogenated alkanes) is 2. The summed E-state index contributed by atoms with van der Waals surface area (Å²) in [5.74, 6) is -10.6. The Balaban J connectivity index is 1.00. The lowest BCUT2D eigenvalue weighted by atomic mass is 9.93. The number of ether oxygens (including phenoxy) is 10. The number of hydrogen-bond donors (Lipinski definition) is 9. The van der Waals surface area contributed by atoms with E-state index in [1.165, 1.54) is 70.3 Å².